The number of primary amides is 1. The van der Waals surface area contributed by atoms with E-state index in [4.69, 9.17) is 5.73 Å². The molecule has 0 aromatic heterocycles. The van der Waals surface area contributed by atoms with Crippen molar-refractivity contribution in [3.05, 3.63) is 29.8 Å². The van der Waals surface area contributed by atoms with Crippen LogP contribution in [0.25, 0.3) is 0 Å². The van der Waals surface area contributed by atoms with Gasteiger partial charge in [0.2, 0.25) is 0 Å². The van der Waals surface area contributed by atoms with Crippen LogP contribution in [0, 0.1) is 0 Å². The topological polar surface area (TPSA) is 55.1 Å². The van der Waals surface area contributed by atoms with Gasteiger partial charge in [-0.3, -0.25) is 0 Å². The molecule has 7 heteroatoms. The Bertz CT molecular complexity index is 381. The maximum absolute atomic E-state index is 12.2. The van der Waals surface area contributed by atoms with Crippen molar-refractivity contribution in [2.75, 3.05) is 0 Å². The minimum Gasteiger partial charge on any atom is -0.352 e. The van der Waals surface area contributed by atoms with E-state index >= 15 is 0 Å². The van der Waals surface area contributed by atoms with E-state index in [1.54, 1.807) is 6.07 Å². The molecule has 0 spiro atoms. The van der Waals surface area contributed by atoms with Crippen LogP contribution < -0.4 is 11.1 Å². The molecule has 2 amide bonds. The Hall–Kier alpha value is -1.37. The van der Waals surface area contributed by atoms with Crippen molar-refractivity contribution in [3.63, 3.8) is 0 Å². The lowest BCUT2D eigenvalue weighted by molar-refractivity contribution is -0.0328. The first-order valence-electron chi connectivity index (χ1n) is 4.25. The molecule has 0 saturated carbocycles. The van der Waals surface area contributed by atoms with Crippen molar-refractivity contribution in [3.8, 4) is 0 Å². The van der Waals surface area contributed by atoms with E-state index in [1.807, 2.05) is 0 Å². The van der Waals surface area contributed by atoms with Gasteiger partial charge in [-0.15, -0.1) is 0 Å². The zero-order valence-electron chi connectivity index (χ0n) is 8.04. The molecule has 1 aromatic carbocycles. The normalized spacial score (nSPS) is 11.2. The minimum atomic E-state index is -4.34. The highest BCUT2D eigenvalue weighted by molar-refractivity contribution is 8.00. The molecule has 0 aliphatic carbocycles. The van der Waals surface area contributed by atoms with Crippen LogP contribution in [-0.2, 0) is 6.54 Å². The molecule has 1 rings (SSSR count). The number of thioether (sulfide) groups is 1. The summed E-state index contributed by atoms with van der Waals surface area (Å²) in [4.78, 5) is 10.5. The number of halogens is 3. The van der Waals surface area contributed by atoms with Gasteiger partial charge < -0.3 is 11.1 Å². The average Bonchev–Trinajstić information content (AvgIpc) is 2.14. The Morgan fingerprint density at radius 1 is 1.38 bits per heavy atom. The van der Waals surface area contributed by atoms with Gasteiger partial charge in [0.05, 0.1) is 0 Å². The molecule has 16 heavy (non-hydrogen) atoms. The van der Waals surface area contributed by atoms with E-state index in [1.165, 1.54) is 18.2 Å². The number of hydrogen-bond donors (Lipinski definition) is 2. The van der Waals surface area contributed by atoms with E-state index in [-0.39, 0.29) is 23.2 Å². The number of urea groups is 1. The molecule has 0 bridgehead atoms. The fourth-order valence-electron chi connectivity index (χ4n) is 1.06. The number of amides is 2. The molecule has 0 heterocycles. The number of alkyl halides is 3. The van der Waals surface area contributed by atoms with Crippen molar-refractivity contribution in [1.82, 2.24) is 5.32 Å². The lowest BCUT2D eigenvalue weighted by atomic mass is 10.2. The number of carbonyl (C=O) groups is 1. The number of carbonyl (C=O) groups excluding carboxylic acids is 1. The first kappa shape index (κ1) is 12.7. The Morgan fingerprint density at radius 3 is 2.56 bits per heavy atom. The van der Waals surface area contributed by atoms with Crippen LogP contribution >= 0.6 is 11.8 Å². The number of rotatable bonds is 3. The molecule has 1 aromatic rings. The maximum Gasteiger partial charge on any atom is 0.446 e. The standard InChI is InChI=1S/C9H9F3N2OS/c10-9(11,12)16-7-4-2-1-3-6(7)5-14-8(13)15/h1-4H,5H2,(H3,13,14,15). The molecule has 3 N–H and O–H groups in total. The van der Waals surface area contributed by atoms with Gasteiger partial charge in [-0.2, -0.15) is 13.2 Å². The molecule has 3 nitrogen and oxygen atoms in total. The van der Waals surface area contributed by atoms with Gasteiger partial charge in [-0.1, -0.05) is 18.2 Å². The molecule has 88 valence electrons. The SMILES string of the molecule is NC(=O)NCc1ccccc1SC(F)(F)F. The highest BCUT2D eigenvalue weighted by Gasteiger charge is 2.30. The van der Waals surface area contributed by atoms with Gasteiger partial charge in [0.25, 0.3) is 0 Å². The summed E-state index contributed by atoms with van der Waals surface area (Å²) in [7, 11) is 0. The molecule has 0 unspecified atom stereocenters. The van der Waals surface area contributed by atoms with E-state index in [0.717, 1.165) is 0 Å². The Labute approximate surface area is 94.2 Å². The Morgan fingerprint density at radius 2 is 2.00 bits per heavy atom. The van der Waals surface area contributed by atoms with Crippen molar-refractivity contribution >= 4 is 17.8 Å². The number of nitrogens with two attached hydrogens (primary N) is 1. The summed E-state index contributed by atoms with van der Waals surface area (Å²) < 4.78 is 36.5. The quantitative estimate of drug-likeness (QED) is 0.810. The van der Waals surface area contributed by atoms with Gasteiger partial charge in [0.1, 0.15) is 0 Å². The fourth-order valence-corrected chi connectivity index (χ4v) is 1.72. The van der Waals surface area contributed by atoms with Crippen LogP contribution in [0.5, 0.6) is 0 Å². The maximum atomic E-state index is 12.2. The van der Waals surface area contributed by atoms with E-state index < -0.39 is 11.5 Å². The van der Waals surface area contributed by atoms with Crippen LogP contribution in [-0.4, -0.2) is 11.5 Å². The summed E-state index contributed by atoms with van der Waals surface area (Å²) in [6.45, 7) is -0.0193. The molecule has 0 aliphatic heterocycles. The monoisotopic (exact) mass is 250 g/mol. The molecule has 0 aliphatic rings. The molecule has 0 fully saturated rings. The predicted molar refractivity (Wildman–Crippen MR) is 54.8 cm³/mol. The van der Waals surface area contributed by atoms with Crippen molar-refractivity contribution in [2.45, 2.75) is 16.9 Å². The second-order valence-electron chi connectivity index (χ2n) is 2.87. The molecule has 0 atom stereocenters. The van der Waals surface area contributed by atoms with Crippen molar-refractivity contribution in [1.29, 1.82) is 0 Å². The zero-order valence-corrected chi connectivity index (χ0v) is 8.86. The van der Waals surface area contributed by atoms with Crippen LogP contribution in [0.1, 0.15) is 5.56 Å². The van der Waals surface area contributed by atoms with Gasteiger partial charge in [0, 0.05) is 11.4 Å². The van der Waals surface area contributed by atoms with E-state index in [2.05, 4.69) is 5.32 Å². The van der Waals surface area contributed by atoms with Crippen molar-refractivity contribution in [2.24, 2.45) is 5.73 Å². The third-order valence-electron chi connectivity index (χ3n) is 1.65. The summed E-state index contributed by atoms with van der Waals surface area (Å²) in [6, 6.07) is 5.17. The predicted octanol–water partition coefficient (Wildman–Crippen LogP) is 2.47. The van der Waals surface area contributed by atoms with Gasteiger partial charge in [-0.05, 0) is 23.4 Å². The van der Waals surface area contributed by atoms with E-state index in [9.17, 15) is 18.0 Å². The summed E-state index contributed by atoms with van der Waals surface area (Å²) in [5.74, 6) is 0. The number of nitrogens with one attached hydrogen (secondary N) is 1. The fraction of sp³-hybridized carbons (Fsp3) is 0.222. The Kier molecular flexibility index (Phi) is 4.05. The zero-order chi connectivity index (χ0) is 12.2. The Balaban J connectivity index is 2.79. The summed E-state index contributed by atoms with van der Waals surface area (Å²) in [5, 5.41) is 2.25. The van der Waals surface area contributed by atoms with Crippen LogP contribution in [0.2, 0.25) is 0 Å². The average molecular weight is 250 g/mol. The first-order valence-corrected chi connectivity index (χ1v) is 5.07. The number of hydrogen-bond acceptors (Lipinski definition) is 2. The van der Waals surface area contributed by atoms with Gasteiger partial charge >= 0.3 is 11.5 Å². The smallest absolute Gasteiger partial charge is 0.352 e. The van der Waals surface area contributed by atoms with Crippen molar-refractivity contribution < 1.29 is 18.0 Å². The number of benzene rings is 1. The highest BCUT2D eigenvalue weighted by atomic mass is 32.2. The molecular formula is C9H9F3N2OS. The lowest BCUT2D eigenvalue weighted by Gasteiger charge is -2.10. The third-order valence-corrected chi connectivity index (χ3v) is 2.50. The van der Waals surface area contributed by atoms with Gasteiger partial charge in [-0.25, -0.2) is 4.79 Å². The first-order chi connectivity index (χ1) is 7.38. The summed E-state index contributed by atoms with van der Waals surface area (Å²) in [6.07, 6.45) is 0. The molecule has 0 saturated heterocycles. The summed E-state index contributed by atoms with van der Waals surface area (Å²) in [5.41, 5.74) is 0.872. The minimum absolute atomic E-state index is 0.0193. The second-order valence-corrected chi connectivity index (χ2v) is 3.98. The second kappa shape index (κ2) is 5.11. The lowest BCUT2D eigenvalue weighted by Crippen LogP contribution is -2.28. The van der Waals surface area contributed by atoms with Crippen LogP contribution in [0.3, 0.4) is 0 Å². The highest BCUT2D eigenvalue weighted by Crippen LogP contribution is 2.38. The third kappa shape index (κ3) is 4.43. The van der Waals surface area contributed by atoms with Gasteiger partial charge in [0.15, 0.2) is 0 Å². The van der Waals surface area contributed by atoms with E-state index in [0.29, 0.717) is 5.56 Å². The van der Waals surface area contributed by atoms with Crippen LogP contribution in [0.15, 0.2) is 29.2 Å². The van der Waals surface area contributed by atoms with Crippen LogP contribution in [0.4, 0.5) is 18.0 Å². The summed E-state index contributed by atoms with van der Waals surface area (Å²) >= 11 is -0.213. The molecular weight excluding hydrogens is 241 g/mol. The molecule has 0 radical (unpaired) electrons. The largest absolute Gasteiger partial charge is 0.446 e.